The third-order valence-corrected chi connectivity index (χ3v) is 3.32. The van der Waals surface area contributed by atoms with Gasteiger partial charge in [0, 0.05) is 24.2 Å². The van der Waals surface area contributed by atoms with E-state index in [1.54, 1.807) is 0 Å². The number of benzene rings is 1. The van der Waals surface area contributed by atoms with E-state index in [4.69, 9.17) is 21.1 Å². The molecular weight excluding hydrogens is 266 g/mol. The van der Waals surface area contributed by atoms with Crippen molar-refractivity contribution in [3.8, 4) is 0 Å². The van der Waals surface area contributed by atoms with Crippen molar-refractivity contribution in [1.82, 2.24) is 5.32 Å². The van der Waals surface area contributed by atoms with E-state index in [0.717, 1.165) is 25.2 Å². The molecule has 2 atom stereocenters. The first-order valence-electron chi connectivity index (χ1n) is 6.55. The molecule has 1 fully saturated rings. The van der Waals surface area contributed by atoms with Gasteiger partial charge in [-0.1, -0.05) is 23.7 Å². The molecule has 106 valence electrons. The molecule has 0 aromatic heterocycles. The Hall–Kier alpha value is -0.650. The molecule has 1 aliphatic heterocycles. The molecule has 2 N–H and O–H groups in total. The van der Waals surface area contributed by atoms with Gasteiger partial charge in [0.05, 0.1) is 25.9 Å². The van der Waals surface area contributed by atoms with Crippen molar-refractivity contribution in [1.29, 1.82) is 0 Å². The van der Waals surface area contributed by atoms with E-state index in [2.05, 4.69) is 5.32 Å². The van der Waals surface area contributed by atoms with E-state index < -0.39 is 6.10 Å². The number of aliphatic hydroxyl groups is 1. The highest BCUT2D eigenvalue weighted by Crippen LogP contribution is 2.10. The van der Waals surface area contributed by atoms with Crippen LogP contribution in [0.5, 0.6) is 0 Å². The first-order chi connectivity index (χ1) is 9.24. The van der Waals surface area contributed by atoms with Gasteiger partial charge in [-0.3, -0.25) is 0 Å². The normalized spacial score (nSPS) is 20.6. The second-order valence-electron chi connectivity index (χ2n) is 4.76. The Bertz CT molecular complexity index is 365. The van der Waals surface area contributed by atoms with Gasteiger partial charge in [-0.25, -0.2) is 0 Å². The Morgan fingerprint density at radius 1 is 1.42 bits per heavy atom. The Morgan fingerprint density at radius 3 is 2.89 bits per heavy atom. The highest BCUT2D eigenvalue weighted by Gasteiger charge is 2.16. The van der Waals surface area contributed by atoms with Gasteiger partial charge < -0.3 is 19.9 Å². The molecule has 0 spiro atoms. The summed E-state index contributed by atoms with van der Waals surface area (Å²) in [6.07, 6.45) is 0.520. The Balaban J connectivity index is 1.58. The number of hydrogen-bond donors (Lipinski definition) is 2. The standard InChI is InChI=1S/C14H20ClNO3/c15-12-3-1-11(2-4-12)8-19-10-14(17)7-16-13-5-6-18-9-13/h1-4,13-14,16-17H,5-10H2. The summed E-state index contributed by atoms with van der Waals surface area (Å²) in [6.45, 7) is 2.89. The van der Waals surface area contributed by atoms with Crippen LogP contribution < -0.4 is 5.32 Å². The molecule has 0 amide bonds. The summed E-state index contributed by atoms with van der Waals surface area (Å²) < 4.78 is 10.7. The van der Waals surface area contributed by atoms with Crippen LogP contribution in [0.1, 0.15) is 12.0 Å². The van der Waals surface area contributed by atoms with E-state index in [-0.39, 0.29) is 0 Å². The highest BCUT2D eigenvalue weighted by atomic mass is 35.5. The molecule has 0 saturated carbocycles. The second-order valence-corrected chi connectivity index (χ2v) is 5.20. The molecule has 1 aromatic rings. The number of ether oxygens (including phenoxy) is 2. The van der Waals surface area contributed by atoms with Gasteiger partial charge in [-0.2, -0.15) is 0 Å². The van der Waals surface area contributed by atoms with E-state index in [1.807, 2.05) is 24.3 Å². The molecule has 0 radical (unpaired) electrons. The SMILES string of the molecule is OC(CNC1CCOC1)COCc1ccc(Cl)cc1. The lowest BCUT2D eigenvalue weighted by Gasteiger charge is -2.15. The third-order valence-electron chi connectivity index (χ3n) is 3.06. The van der Waals surface area contributed by atoms with Gasteiger partial charge in [0.2, 0.25) is 0 Å². The van der Waals surface area contributed by atoms with Crippen molar-refractivity contribution in [2.24, 2.45) is 0 Å². The minimum atomic E-state index is -0.493. The van der Waals surface area contributed by atoms with E-state index >= 15 is 0 Å². The first-order valence-corrected chi connectivity index (χ1v) is 6.93. The zero-order chi connectivity index (χ0) is 13.5. The number of rotatable bonds is 7. The zero-order valence-corrected chi connectivity index (χ0v) is 11.6. The minimum absolute atomic E-state index is 0.323. The van der Waals surface area contributed by atoms with Crippen molar-refractivity contribution in [3.05, 3.63) is 34.9 Å². The summed E-state index contributed by atoms with van der Waals surface area (Å²) in [4.78, 5) is 0. The Labute approximate surface area is 118 Å². The topological polar surface area (TPSA) is 50.7 Å². The van der Waals surface area contributed by atoms with Gasteiger partial charge in [-0.15, -0.1) is 0 Å². The van der Waals surface area contributed by atoms with E-state index in [9.17, 15) is 5.11 Å². The fourth-order valence-corrected chi connectivity index (χ4v) is 2.08. The van der Waals surface area contributed by atoms with Gasteiger partial charge in [-0.05, 0) is 24.1 Å². The first kappa shape index (κ1) is 14.8. The molecule has 4 nitrogen and oxygen atoms in total. The van der Waals surface area contributed by atoms with Crippen LogP contribution in [0.4, 0.5) is 0 Å². The maximum Gasteiger partial charge on any atom is 0.0897 e. The van der Waals surface area contributed by atoms with Gasteiger partial charge >= 0.3 is 0 Å². The lowest BCUT2D eigenvalue weighted by atomic mass is 10.2. The quantitative estimate of drug-likeness (QED) is 0.799. The average molecular weight is 286 g/mol. The molecule has 1 saturated heterocycles. The summed E-state index contributed by atoms with van der Waals surface area (Å²) in [5.74, 6) is 0. The third kappa shape index (κ3) is 5.47. The predicted octanol–water partition coefficient (Wildman–Crippen LogP) is 1.60. The summed E-state index contributed by atoms with van der Waals surface area (Å²) in [5, 5.41) is 13.8. The lowest BCUT2D eigenvalue weighted by Crippen LogP contribution is -2.37. The Morgan fingerprint density at radius 2 is 2.21 bits per heavy atom. The van der Waals surface area contributed by atoms with Crippen molar-refractivity contribution in [2.75, 3.05) is 26.4 Å². The van der Waals surface area contributed by atoms with Crippen LogP contribution in [-0.2, 0) is 16.1 Å². The Kier molecular flexibility index (Phi) is 6.07. The van der Waals surface area contributed by atoms with Crippen LogP contribution in [0.3, 0.4) is 0 Å². The molecule has 2 unspecified atom stereocenters. The molecule has 0 bridgehead atoms. The van der Waals surface area contributed by atoms with Crippen LogP contribution in [-0.4, -0.2) is 43.6 Å². The van der Waals surface area contributed by atoms with Crippen molar-refractivity contribution >= 4 is 11.6 Å². The fourth-order valence-electron chi connectivity index (χ4n) is 1.95. The number of aliphatic hydroxyl groups excluding tert-OH is 1. The van der Waals surface area contributed by atoms with E-state index in [1.165, 1.54) is 0 Å². The molecule has 2 rings (SSSR count). The maximum absolute atomic E-state index is 9.78. The smallest absolute Gasteiger partial charge is 0.0897 e. The average Bonchev–Trinajstić information content (AvgIpc) is 2.92. The molecule has 5 heteroatoms. The summed E-state index contributed by atoms with van der Waals surface area (Å²) in [7, 11) is 0. The van der Waals surface area contributed by atoms with Crippen molar-refractivity contribution in [2.45, 2.75) is 25.2 Å². The molecule has 1 aliphatic rings. The van der Waals surface area contributed by atoms with Crippen molar-refractivity contribution < 1.29 is 14.6 Å². The van der Waals surface area contributed by atoms with Gasteiger partial charge in [0.1, 0.15) is 0 Å². The molecular formula is C14H20ClNO3. The number of hydrogen-bond acceptors (Lipinski definition) is 4. The number of halogens is 1. The van der Waals surface area contributed by atoms with Gasteiger partial charge in [0.15, 0.2) is 0 Å². The van der Waals surface area contributed by atoms with Crippen LogP contribution in [0.25, 0.3) is 0 Å². The van der Waals surface area contributed by atoms with Crippen LogP contribution in [0.15, 0.2) is 24.3 Å². The summed E-state index contributed by atoms with van der Waals surface area (Å²) >= 11 is 5.80. The van der Waals surface area contributed by atoms with Gasteiger partial charge in [0.25, 0.3) is 0 Å². The molecule has 1 heterocycles. The highest BCUT2D eigenvalue weighted by molar-refractivity contribution is 6.30. The monoisotopic (exact) mass is 285 g/mol. The minimum Gasteiger partial charge on any atom is -0.389 e. The molecule has 0 aliphatic carbocycles. The van der Waals surface area contributed by atoms with Crippen LogP contribution in [0, 0.1) is 0 Å². The zero-order valence-electron chi connectivity index (χ0n) is 10.8. The molecule has 1 aromatic carbocycles. The van der Waals surface area contributed by atoms with Crippen LogP contribution in [0.2, 0.25) is 5.02 Å². The lowest BCUT2D eigenvalue weighted by molar-refractivity contribution is 0.0274. The number of nitrogens with one attached hydrogen (secondary N) is 1. The van der Waals surface area contributed by atoms with Crippen LogP contribution >= 0.6 is 11.6 Å². The molecule has 19 heavy (non-hydrogen) atoms. The van der Waals surface area contributed by atoms with E-state index in [0.29, 0.717) is 30.8 Å². The summed E-state index contributed by atoms with van der Waals surface area (Å²) in [5.41, 5.74) is 1.05. The largest absolute Gasteiger partial charge is 0.389 e. The van der Waals surface area contributed by atoms with Crippen molar-refractivity contribution in [3.63, 3.8) is 0 Å². The second kappa shape index (κ2) is 7.82. The maximum atomic E-state index is 9.78. The summed E-state index contributed by atoms with van der Waals surface area (Å²) in [6, 6.07) is 7.87. The fraction of sp³-hybridized carbons (Fsp3) is 0.571. The predicted molar refractivity (Wildman–Crippen MR) is 74.3 cm³/mol.